The molecular formula is C25H24F2N4O3. The minimum Gasteiger partial charge on any atom is -0.476 e. The van der Waals surface area contributed by atoms with E-state index in [2.05, 4.69) is 15.3 Å². The largest absolute Gasteiger partial charge is 0.476 e. The molecule has 0 aliphatic carbocycles. The maximum atomic E-state index is 14.2. The van der Waals surface area contributed by atoms with Gasteiger partial charge in [-0.05, 0) is 41.3 Å². The van der Waals surface area contributed by atoms with Gasteiger partial charge in [-0.2, -0.15) is 0 Å². The maximum absolute atomic E-state index is 14.2. The number of fused-ring (bicyclic) bond motifs is 1. The number of benzene rings is 2. The van der Waals surface area contributed by atoms with E-state index in [0.717, 1.165) is 5.52 Å². The molecule has 34 heavy (non-hydrogen) atoms. The van der Waals surface area contributed by atoms with Gasteiger partial charge in [0.05, 0.1) is 16.7 Å². The lowest BCUT2D eigenvalue weighted by Crippen LogP contribution is -2.19. The normalized spacial score (nSPS) is 11.6. The number of halogens is 2. The number of hydrogen-bond acceptors (Lipinski definition) is 5. The predicted molar refractivity (Wildman–Crippen MR) is 125 cm³/mol. The molecule has 0 amide bonds. The molecular weight excluding hydrogens is 442 g/mol. The number of aromatic carboxylic acids is 1. The molecule has 0 saturated carbocycles. The molecule has 2 aromatic heterocycles. The molecule has 2 heterocycles. The number of alkyl halides is 1. The van der Waals surface area contributed by atoms with Gasteiger partial charge >= 0.3 is 5.97 Å². The number of nitrogens with zero attached hydrogens (tertiary/aromatic N) is 3. The fourth-order valence-electron chi connectivity index (χ4n) is 3.77. The number of anilines is 2. The molecule has 2 aromatic carbocycles. The molecule has 0 aliphatic heterocycles. The number of rotatable bonds is 6. The Morgan fingerprint density at radius 2 is 1.94 bits per heavy atom. The first-order chi connectivity index (χ1) is 16.1. The van der Waals surface area contributed by atoms with Crippen LogP contribution in [0.1, 0.15) is 42.4 Å². The Bertz CT molecular complexity index is 1390. The Morgan fingerprint density at radius 1 is 1.18 bits per heavy atom. The number of carboxylic acids is 1. The first-order valence-corrected chi connectivity index (χ1v) is 10.6. The zero-order chi connectivity index (χ0) is 24.6. The van der Waals surface area contributed by atoms with Crippen LogP contribution in [-0.4, -0.2) is 25.6 Å². The third-order valence-electron chi connectivity index (χ3n) is 5.38. The maximum Gasteiger partial charge on any atom is 0.354 e. The monoisotopic (exact) mass is 466 g/mol. The van der Waals surface area contributed by atoms with Crippen molar-refractivity contribution in [3.8, 4) is 11.5 Å². The summed E-state index contributed by atoms with van der Waals surface area (Å²) in [6.07, 6.45) is 1.40. The van der Waals surface area contributed by atoms with Gasteiger partial charge in [-0.15, -0.1) is 0 Å². The van der Waals surface area contributed by atoms with Crippen LogP contribution in [0.2, 0.25) is 0 Å². The lowest BCUT2D eigenvalue weighted by molar-refractivity contribution is 0.0687. The number of aromatic nitrogens is 3. The van der Waals surface area contributed by atoms with E-state index in [4.69, 9.17) is 4.74 Å². The summed E-state index contributed by atoms with van der Waals surface area (Å²) in [5.41, 5.74) is 1.70. The van der Waals surface area contributed by atoms with Crippen LogP contribution in [0.15, 0.2) is 48.7 Å². The number of pyridine rings is 1. The van der Waals surface area contributed by atoms with Crippen LogP contribution in [0, 0.1) is 5.82 Å². The van der Waals surface area contributed by atoms with Gasteiger partial charge in [0.15, 0.2) is 5.69 Å². The van der Waals surface area contributed by atoms with Crippen molar-refractivity contribution in [1.82, 2.24) is 14.5 Å². The van der Waals surface area contributed by atoms with Crippen LogP contribution >= 0.6 is 0 Å². The highest BCUT2D eigenvalue weighted by molar-refractivity contribution is 5.88. The van der Waals surface area contributed by atoms with Crippen molar-refractivity contribution < 1.29 is 23.4 Å². The third kappa shape index (κ3) is 4.41. The fourth-order valence-corrected chi connectivity index (χ4v) is 3.77. The molecule has 0 atom stereocenters. The molecule has 0 radical (unpaired) electrons. The molecule has 0 spiro atoms. The summed E-state index contributed by atoms with van der Waals surface area (Å²) in [5, 5.41) is 12.5. The number of aryl methyl sites for hydroxylation is 1. The van der Waals surface area contributed by atoms with Gasteiger partial charge in [-0.3, -0.25) is 0 Å². The van der Waals surface area contributed by atoms with Crippen molar-refractivity contribution in [2.24, 2.45) is 7.05 Å². The summed E-state index contributed by atoms with van der Waals surface area (Å²) in [7, 11) is 1.77. The molecule has 0 bridgehead atoms. The highest BCUT2D eigenvalue weighted by Crippen LogP contribution is 2.37. The minimum atomic E-state index is -1.13. The van der Waals surface area contributed by atoms with Crippen molar-refractivity contribution in [2.45, 2.75) is 32.9 Å². The van der Waals surface area contributed by atoms with Crippen LogP contribution in [-0.2, 0) is 19.1 Å². The summed E-state index contributed by atoms with van der Waals surface area (Å²) < 4.78 is 35.0. The van der Waals surface area contributed by atoms with Crippen LogP contribution in [0.3, 0.4) is 0 Å². The van der Waals surface area contributed by atoms with E-state index in [1.165, 1.54) is 24.4 Å². The van der Waals surface area contributed by atoms with E-state index < -0.39 is 23.9 Å². The van der Waals surface area contributed by atoms with E-state index >= 15 is 0 Å². The van der Waals surface area contributed by atoms with Crippen molar-refractivity contribution >= 4 is 28.6 Å². The smallest absolute Gasteiger partial charge is 0.354 e. The zero-order valence-corrected chi connectivity index (χ0v) is 19.2. The van der Waals surface area contributed by atoms with Gasteiger partial charge in [0.2, 0.25) is 5.95 Å². The molecule has 9 heteroatoms. The van der Waals surface area contributed by atoms with Gasteiger partial charge in [0.25, 0.3) is 0 Å². The molecule has 2 N–H and O–H groups in total. The number of ether oxygens (including phenoxy) is 1. The van der Waals surface area contributed by atoms with Gasteiger partial charge in [-0.25, -0.2) is 23.5 Å². The molecule has 4 rings (SSSR count). The number of imidazole rings is 1. The first-order valence-electron chi connectivity index (χ1n) is 10.6. The summed E-state index contributed by atoms with van der Waals surface area (Å²) in [6, 6.07) is 10.9. The highest BCUT2D eigenvalue weighted by atomic mass is 19.1. The summed E-state index contributed by atoms with van der Waals surface area (Å²) in [6.45, 7) is 4.97. The Labute approximate surface area is 195 Å². The second kappa shape index (κ2) is 8.74. The SMILES string of the molecule is Cn1c(Nc2cc(CF)ccc2F)nc2cc(Oc3ccnc(C(=O)O)c3C(C)(C)C)ccc21. The molecule has 7 nitrogen and oxygen atoms in total. The average molecular weight is 466 g/mol. The standard InChI is InChI=1S/C25H24F2N4O3/c1-25(2,3)21-20(9-10-28-22(21)23(32)33)34-15-6-8-19-18(12-15)30-24(31(19)4)29-17-11-14(13-26)5-7-16(17)27/h5-12H,13H2,1-4H3,(H,29,30)(H,32,33). The number of hydrogen-bond donors (Lipinski definition) is 2. The number of carbonyl (C=O) groups is 1. The summed E-state index contributed by atoms with van der Waals surface area (Å²) in [5.74, 6) is -0.436. The molecule has 0 unspecified atom stereocenters. The van der Waals surface area contributed by atoms with E-state index in [0.29, 0.717) is 34.1 Å². The van der Waals surface area contributed by atoms with Crippen LogP contribution in [0.25, 0.3) is 11.0 Å². The topological polar surface area (TPSA) is 89.3 Å². The summed E-state index contributed by atoms with van der Waals surface area (Å²) >= 11 is 0. The number of carboxylic acid groups (broad SMARTS) is 1. The van der Waals surface area contributed by atoms with Crippen LogP contribution in [0.5, 0.6) is 11.5 Å². The van der Waals surface area contributed by atoms with E-state index in [1.54, 1.807) is 35.9 Å². The second-order valence-electron chi connectivity index (χ2n) is 8.91. The second-order valence-corrected chi connectivity index (χ2v) is 8.91. The van der Waals surface area contributed by atoms with Gasteiger partial charge in [0, 0.05) is 24.9 Å². The average Bonchev–Trinajstić information content (AvgIpc) is 3.08. The van der Waals surface area contributed by atoms with Crippen molar-refractivity contribution in [3.05, 3.63) is 71.3 Å². The van der Waals surface area contributed by atoms with Crippen molar-refractivity contribution in [3.63, 3.8) is 0 Å². The Balaban J connectivity index is 1.70. The fraction of sp³-hybridized carbons (Fsp3) is 0.240. The van der Waals surface area contributed by atoms with Gasteiger partial charge in [0.1, 0.15) is 24.0 Å². The van der Waals surface area contributed by atoms with Crippen LogP contribution < -0.4 is 10.1 Å². The van der Waals surface area contributed by atoms with E-state index in [1.807, 2.05) is 20.8 Å². The minimum absolute atomic E-state index is 0.0621. The zero-order valence-electron chi connectivity index (χ0n) is 19.2. The Hall–Kier alpha value is -4.01. The summed E-state index contributed by atoms with van der Waals surface area (Å²) in [4.78, 5) is 20.3. The molecule has 4 aromatic rings. The highest BCUT2D eigenvalue weighted by Gasteiger charge is 2.27. The Kier molecular flexibility index (Phi) is 5.95. The molecule has 0 aliphatic rings. The molecule has 176 valence electrons. The molecule has 0 saturated heterocycles. The van der Waals surface area contributed by atoms with Gasteiger partial charge < -0.3 is 19.7 Å². The third-order valence-corrected chi connectivity index (χ3v) is 5.38. The van der Waals surface area contributed by atoms with Crippen molar-refractivity contribution in [1.29, 1.82) is 0 Å². The first kappa shape index (κ1) is 23.2. The van der Waals surface area contributed by atoms with Gasteiger partial charge in [-0.1, -0.05) is 26.8 Å². The van der Waals surface area contributed by atoms with Crippen LogP contribution in [0.4, 0.5) is 20.4 Å². The van der Waals surface area contributed by atoms with E-state index in [9.17, 15) is 18.7 Å². The van der Waals surface area contributed by atoms with E-state index in [-0.39, 0.29) is 11.4 Å². The predicted octanol–water partition coefficient (Wildman–Crippen LogP) is 6.11. The molecule has 0 fully saturated rings. The number of nitrogens with one attached hydrogen (secondary N) is 1. The Morgan fingerprint density at radius 3 is 2.62 bits per heavy atom. The van der Waals surface area contributed by atoms with Crippen molar-refractivity contribution in [2.75, 3.05) is 5.32 Å². The lowest BCUT2D eigenvalue weighted by atomic mass is 9.85. The lowest BCUT2D eigenvalue weighted by Gasteiger charge is -2.23. The quantitative estimate of drug-likeness (QED) is 0.356.